The van der Waals surface area contributed by atoms with E-state index in [1.54, 1.807) is 88.6 Å². The van der Waals surface area contributed by atoms with Crippen LogP contribution in [0.4, 0.5) is 17.6 Å². The second-order valence-corrected chi connectivity index (χ2v) is 39.7. The molecule has 6 amide bonds. The van der Waals surface area contributed by atoms with Gasteiger partial charge in [-0.05, 0) is 181 Å². The Balaban J connectivity index is 0.000000149. The van der Waals surface area contributed by atoms with E-state index in [2.05, 4.69) is 91.8 Å². The predicted octanol–water partition coefficient (Wildman–Crippen LogP) is 8.43. The summed E-state index contributed by atoms with van der Waals surface area (Å²) >= 11 is 0. The molecule has 1 aliphatic heterocycles. The summed E-state index contributed by atoms with van der Waals surface area (Å²) in [7, 11) is -12.8. The summed E-state index contributed by atoms with van der Waals surface area (Å²) in [6.45, 7) is 3.34. The Morgan fingerprint density at radius 3 is 0.907 bits per heavy atom. The van der Waals surface area contributed by atoms with Gasteiger partial charge in [0.25, 0.3) is 23.6 Å². The Morgan fingerprint density at radius 1 is 0.379 bits per heavy atom. The third-order valence-corrected chi connectivity index (χ3v) is 25.9. The molecule has 0 aliphatic carbocycles. The molecule has 0 radical (unpaired) electrons. The van der Waals surface area contributed by atoms with Crippen molar-refractivity contribution in [2.24, 2.45) is 5.73 Å². The van der Waals surface area contributed by atoms with Gasteiger partial charge < -0.3 is 42.2 Å². The average Bonchev–Trinajstić information content (AvgIpc) is 1.64. The maximum Gasteiger partial charge on any atom is 0.254 e. The number of aromatic nitrogens is 16. The van der Waals surface area contributed by atoms with Crippen LogP contribution in [0, 0.1) is 23.3 Å². The first-order valence-corrected chi connectivity index (χ1v) is 50.0. The zero-order valence-electron chi connectivity index (χ0n) is 74.9. The fourth-order valence-corrected chi connectivity index (χ4v) is 17.3. The lowest BCUT2D eigenvalue weighted by Crippen LogP contribution is -2.39. The number of ether oxygens (including phenoxy) is 1. The van der Waals surface area contributed by atoms with Crippen LogP contribution in [0.3, 0.4) is 0 Å². The van der Waals surface area contributed by atoms with Gasteiger partial charge in [0.2, 0.25) is 11.8 Å². The van der Waals surface area contributed by atoms with E-state index in [9.17, 15) is 85.1 Å². The van der Waals surface area contributed by atoms with Gasteiger partial charge in [0, 0.05) is 129 Å². The van der Waals surface area contributed by atoms with Crippen molar-refractivity contribution >= 4 is 118 Å². The number of morpholine rings is 1. The molecule has 1 saturated heterocycles. The summed E-state index contributed by atoms with van der Waals surface area (Å²) in [5.41, 5.74) is 12.8. The van der Waals surface area contributed by atoms with Gasteiger partial charge in [-0.15, -0.1) is 0 Å². The second-order valence-electron chi connectivity index (χ2n) is 31.8. The molecule has 47 heteroatoms. The highest BCUT2D eigenvalue weighted by Crippen LogP contribution is 2.32. The lowest BCUT2D eigenvalue weighted by molar-refractivity contribution is -0.121. The molecule has 722 valence electrons. The number of carbonyl (C=O) groups is 6. The lowest BCUT2D eigenvalue weighted by atomic mass is 10.0. The average molecular weight is 1990 g/mol. The van der Waals surface area contributed by atoms with Crippen LogP contribution in [-0.4, -0.2) is 230 Å². The van der Waals surface area contributed by atoms with Crippen LogP contribution < -0.4 is 32.3 Å². The van der Waals surface area contributed by atoms with E-state index in [-0.39, 0.29) is 91.9 Å². The highest BCUT2D eigenvalue weighted by Gasteiger charge is 2.30. The summed E-state index contributed by atoms with van der Waals surface area (Å²) in [4.78, 5) is 111. The van der Waals surface area contributed by atoms with E-state index in [0.717, 1.165) is 38.1 Å². The number of primary amides is 1. The topological polar surface area (TPSA) is 532 Å². The maximum absolute atomic E-state index is 13.6. The third kappa shape index (κ3) is 24.6. The molecule has 140 heavy (non-hydrogen) atoms. The number of nitrogens with two attached hydrogens (primary N) is 1. The number of amides is 6. The largest absolute Gasteiger partial charge is 0.396 e. The highest BCUT2D eigenvalue weighted by molar-refractivity contribution is 7.91. The number of carbonyl (C=O) groups excluding carboxylic acids is 6. The minimum absolute atomic E-state index is 0.0510. The Kier molecular flexibility index (Phi) is 31.2. The summed E-state index contributed by atoms with van der Waals surface area (Å²) in [6.07, 6.45) is 27.7. The number of pyridine rings is 8. The summed E-state index contributed by atoms with van der Waals surface area (Å²) in [5, 5.41) is 42.2. The second kappa shape index (κ2) is 43.7. The molecule has 8 N–H and O–H groups in total. The van der Waals surface area contributed by atoms with Crippen molar-refractivity contribution in [1.29, 1.82) is 0 Å². The Labute approximate surface area is 796 Å². The molecule has 0 spiro atoms. The fourth-order valence-electron chi connectivity index (χ4n) is 14.9. The Morgan fingerprint density at radius 2 is 0.643 bits per heavy atom. The number of aliphatic hydroxyl groups excluding tert-OH is 1. The van der Waals surface area contributed by atoms with Crippen molar-refractivity contribution in [3.05, 3.63) is 313 Å². The zero-order valence-corrected chi connectivity index (χ0v) is 78.1. The number of hydrogen-bond donors (Lipinski definition) is 7. The molecule has 39 nitrogen and oxygen atoms in total. The van der Waals surface area contributed by atoms with Crippen molar-refractivity contribution in [3.8, 4) is 22.7 Å². The van der Waals surface area contributed by atoms with Gasteiger partial charge in [0.1, 0.15) is 23.3 Å². The van der Waals surface area contributed by atoms with Crippen LogP contribution in [0.5, 0.6) is 0 Å². The van der Waals surface area contributed by atoms with Crippen LogP contribution >= 0.6 is 0 Å². The van der Waals surface area contributed by atoms with Crippen LogP contribution in [0.25, 0.3) is 66.4 Å². The highest BCUT2D eigenvalue weighted by atomic mass is 32.2. The van der Waals surface area contributed by atoms with Crippen LogP contribution in [-0.2, 0) is 53.7 Å². The van der Waals surface area contributed by atoms with E-state index in [1.165, 1.54) is 182 Å². The minimum atomic E-state index is -3.61. The summed E-state index contributed by atoms with van der Waals surface area (Å²) < 4.78 is 161. The van der Waals surface area contributed by atoms with E-state index in [1.807, 2.05) is 0 Å². The fraction of sp³-hybridized carbons (Fsp3) is 0.204. The number of aliphatic hydroxyl groups is 1. The molecule has 4 atom stereocenters. The zero-order chi connectivity index (χ0) is 99.9. The maximum atomic E-state index is 13.6. The molecule has 1 aliphatic rings. The van der Waals surface area contributed by atoms with Crippen molar-refractivity contribution in [2.75, 3.05) is 71.5 Å². The molecule has 16 aromatic rings. The number of nitrogens with zero attached hydrogens (tertiary/aromatic N) is 17. The molecule has 0 bridgehead atoms. The lowest BCUT2D eigenvalue weighted by Gasteiger charge is -2.29. The monoisotopic (exact) mass is 1990 g/mol. The van der Waals surface area contributed by atoms with E-state index in [4.69, 9.17) is 10.5 Å². The first-order valence-electron chi connectivity index (χ1n) is 42.5. The van der Waals surface area contributed by atoms with Gasteiger partial charge in [0.05, 0.1) is 167 Å². The quantitative estimate of drug-likeness (QED) is 0.0216. The molecule has 0 saturated carbocycles. The van der Waals surface area contributed by atoms with E-state index < -0.39 is 93.0 Å². The molecular weight excluding hydrogens is 1900 g/mol. The molecule has 13 heterocycles. The smallest absolute Gasteiger partial charge is 0.254 e. The molecule has 17 rings (SSSR count). The standard InChI is InChI=1S/C26H27FN6O4S.C23H21FN6O4S.C22H19FN6O4S.C22H20FN5O4S/c1-38(35,36)25-14-18(6-8-29-25)23(7-9-32-10-12-37-13-11-32)31-26(34)22-15-28-17-24-21(22)16-30-33(24)20-4-2-19(27)3-5-20;1-25-21(31)10-19(14-7-8-27-22(9-14)35(2,33)34)29-23(32)18-11-26-13-20-17(18)12-28-30(20)16-5-3-15(24)4-6-16;1-34(32,33)21-8-13(6-7-26-21)18(9-20(24)30)28-22(31)17-10-25-12-19-16(17)11-27-29(19)15-4-2-14(23)3-5-15;1-33(31,32)21-10-14(6-8-25-21)19(7-9-29)27-22(30)18-11-24-13-20-17(18)12-26-28(20)16-4-2-15(23)3-5-16/h2-6,8,14-17,23H,7,9-13H2,1H3,(H,31,34);3-9,11-13,19H,10H2,1-2H3,(H,25,31)(H,29,32);2-8,10-12,18H,9H2,1H3,(H2,24,30)(H,28,31);2-6,8,10-13,19,29H,7,9H2,1H3,(H,27,30)/t23-;19-;18-;19-/m0000/s1. The SMILES string of the molecule is CNC(=O)C[C@H](NC(=O)c1cncc2c1cnn2-c1ccc(F)cc1)c1ccnc(S(C)(=O)=O)c1.CS(=O)(=O)c1cc([C@H](CC(N)=O)NC(=O)c2cncc3c2cnn3-c2ccc(F)cc2)ccn1.CS(=O)(=O)c1cc([C@H](CCN2CCOCC2)NC(=O)c2cncc3c2cnn3-c2ccc(F)cc2)ccn1.CS(=O)(=O)c1cc([C@H](CCO)NC(=O)c2cncc3c2cnn3-c2ccc(F)cc2)ccn1. The molecular formula is C93H87F4N23O16S4. The van der Waals surface area contributed by atoms with Gasteiger partial charge in [-0.3, -0.25) is 53.6 Å². The number of halogens is 4. The molecule has 1 fully saturated rings. The van der Waals surface area contributed by atoms with Crippen LogP contribution in [0.1, 0.15) is 114 Å². The normalized spacial score (nSPS) is 13.2. The minimum Gasteiger partial charge on any atom is -0.396 e. The third-order valence-electron chi connectivity index (χ3n) is 22.0. The Hall–Kier alpha value is -15.8. The molecule has 12 aromatic heterocycles. The summed E-state index contributed by atoms with van der Waals surface area (Å²) in [5.74, 6) is -4.50. The van der Waals surface area contributed by atoms with Gasteiger partial charge in [0.15, 0.2) is 59.5 Å². The first kappa shape index (κ1) is 100. The number of rotatable bonds is 29. The van der Waals surface area contributed by atoms with Gasteiger partial charge in [-0.2, -0.15) is 20.4 Å². The molecule has 0 unspecified atom stereocenters. The number of sulfone groups is 4. The van der Waals surface area contributed by atoms with E-state index >= 15 is 0 Å². The van der Waals surface area contributed by atoms with Crippen LogP contribution in [0.2, 0.25) is 0 Å². The number of nitrogens with one attached hydrogen (secondary N) is 5. The number of hydrogen-bond acceptors (Lipinski definition) is 29. The predicted molar refractivity (Wildman–Crippen MR) is 502 cm³/mol. The Bertz CT molecular complexity index is 7820. The number of fused-ring (bicyclic) bond motifs is 4. The summed E-state index contributed by atoms with van der Waals surface area (Å²) in [6, 6.07) is 31.9. The van der Waals surface area contributed by atoms with Gasteiger partial charge in [-0.1, -0.05) is 0 Å². The van der Waals surface area contributed by atoms with Crippen molar-refractivity contribution in [1.82, 2.24) is 110 Å². The van der Waals surface area contributed by atoms with Gasteiger partial charge in [-0.25, -0.2) is 89.9 Å². The van der Waals surface area contributed by atoms with E-state index in [0.29, 0.717) is 120 Å². The first-order chi connectivity index (χ1) is 66.9. The van der Waals surface area contributed by atoms with Crippen molar-refractivity contribution in [3.63, 3.8) is 0 Å². The van der Waals surface area contributed by atoms with Crippen molar-refractivity contribution in [2.45, 2.75) is 70.0 Å². The van der Waals surface area contributed by atoms with Crippen molar-refractivity contribution < 1.29 is 89.8 Å². The van der Waals surface area contributed by atoms with Crippen LogP contribution in [0.15, 0.2) is 265 Å². The van der Waals surface area contributed by atoms with Gasteiger partial charge >= 0.3 is 0 Å². The number of benzene rings is 4. The molecule has 4 aromatic carbocycles.